The molecule has 1 unspecified atom stereocenters. The minimum atomic E-state index is 0.197. The van der Waals surface area contributed by atoms with Crippen molar-refractivity contribution in [2.24, 2.45) is 0 Å². The second kappa shape index (κ2) is 6.02. The van der Waals surface area contributed by atoms with Gasteiger partial charge in [0.15, 0.2) is 0 Å². The van der Waals surface area contributed by atoms with Crippen LogP contribution in [0.25, 0.3) is 0 Å². The minimum absolute atomic E-state index is 0.197. The molecular formula is C11H21NO2. The Hall–Kier alpha value is -0.570. The van der Waals surface area contributed by atoms with Crippen molar-refractivity contribution in [3.8, 4) is 0 Å². The number of carbonyl (C=O) groups is 1. The normalized spacial score (nSPS) is 21.6. The molecule has 0 aromatic rings. The van der Waals surface area contributed by atoms with Gasteiger partial charge in [0.05, 0.1) is 0 Å². The van der Waals surface area contributed by atoms with Crippen LogP contribution < -0.4 is 0 Å². The fraction of sp³-hybridized carbons (Fsp3) is 0.909. The maximum absolute atomic E-state index is 11.7. The molecule has 1 amide bonds. The topological polar surface area (TPSA) is 40.5 Å². The fourth-order valence-corrected chi connectivity index (χ4v) is 2.08. The molecule has 1 fully saturated rings. The Morgan fingerprint density at radius 2 is 2.36 bits per heavy atom. The predicted octanol–water partition coefficient (Wildman–Crippen LogP) is 1.55. The lowest BCUT2D eigenvalue weighted by Crippen LogP contribution is -2.35. The van der Waals surface area contributed by atoms with Gasteiger partial charge in [-0.2, -0.15) is 0 Å². The second-order valence-electron chi connectivity index (χ2n) is 4.00. The summed E-state index contributed by atoms with van der Waals surface area (Å²) in [4.78, 5) is 13.7. The smallest absolute Gasteiger partial charge is 0.222 e. The Balaban J connectivity index is 2.36. The van der Waals surface area contributed by atoms with E-state index in [-0.39, 0.29) is 12.5 Å². The van der Waals surface area contributed by atoms with Crippen LogP contribution in [0.1, 0.15) is 45.4 Å². The summed E-state index contributed by atoms with van der Waals surface area (Å²) in [6, 6.07) is 0.310. The Kier molecular flexibility index (Phi) is 4.94. The van der Waals surface area contributed by atoms with E-state index in [1.54, 1.807) is 0 Å². The average Bonchev–Trinajstić information content (AvgIpc) is 2.63. The highest BCUT2D eigenvalue weighted by atomic mass is 16.3. The Bertz CT molecular complexity index is 182. The number of amides is 1. The number of hydrogen-bond donors (Lipinski definition) is 1. The van der Waals surface area contributed by atoms with Crippen LogP contribution in [0, 0.1) is 0 Å². The summed E-state index contributed by atoms with van der Waals surface area (Å²) in [6.07, 6.45) is 5.66. The molecule has 0 aromatic carbocycles. The van der Waals surface area contributed by atoms with Gasteiger partial charge < -0.3 is 10.0 Å². The van der Waals surface area contributed by atoms with Crippen molar-refractivity contribution < 1.29 is 9.90 Å². The van der Waals surface area contributed by atoms with Crippen LogP contribution in [0.2, 0.25) is 0 Å². The van der Waals surface area contributed by atoms with Gasteiger partial charge in [-0.05, 0) is 25.7 Å². The first-order chi connectivity index (χ1) is 6.79. The third-order valence-corrected chi connectivity index (χ3v) is 2.90. The molecule has 3 nitrogen and oxygen atoms in total. The highest BCUT2D eigenvalue weighted by Crippen LogP contribution is 2.21. The van der Waals surface area contributed by atoms with E-state index in [4.69, 9.17) is 5.11 Å². The number of hydrogen-bond acceptors (Lipinski definition) is 2. The average molecular weight is 199 g/mol. The zero-order valence-corrected chi connectivity index (χ0v) is 9.04. The van der Waals surface area contributed by atoms with Gasteiger partial charge in [0.2, 0.25) is 5.91 Å². The van der Waals surface area contributed by atoms with Crippen LogP contribution in [-0.2, 0) is 4.79 Å². The molecule has 1 aliphatic heterocycles. The molecule has 0 aromatic heterocycles. The lowest BCUT2D eigenvalue weighted by molar-refractivity contribution is -0.132. The first-order valence-electron chi connectivity index (χ1n) is 5.70. The number of unbranched alkanes of at least 4 members (excludes halogenated alkanes) is 1. The summed E-state index contributed by atoms with van der Waals surface area (Å²) >= 11 is 0. The molecule has 3 heteroatoms. The molecule has 0 bridgehead atoms. The third kappa shape index (κ3) is 2.98. The van der Waals surface area contributed by atoms with Crippen LogP contribution in [0.4, 0.5) is 0 Å². The number of carbonyl (C=O) groups excluding carboxylic acids is 1. The van der Waals surface area contributed by atoms with Crippen LogP contribution in [0.15, 0.2) is 0 Å². The number of aliphatic hydroxyl groups excluding tert-OH is 1. The summed E-state index contributed by atoms with van der Waals surface area (Å²) in [5.41, 5.74) is 0. The summed E-state index contributed by atoms with van der Waals surface area (Å²) in [7, 11) is 0. The van der Waals surface area contributed by atoms with Gasteiger partial charge in [0, 0.05) is 25.6 Å². The van der Waals surface area contributed by atoms with Gasteiger partial charge in [0.1, 0.15) is 0 Å². The number of aliphatic hydroxyl groups is 1. The van der Waals surface area contributed by atoms with Crippen LogP contribution in [0.3, 0.4) is 0 Å². The van der Waals surface area contributed by atoms with Crippen molar-refractivity contribution in [1.82, 2.24) is 4.90 Å². The van der Waals surface area contributed by atoms with Crippen molar-refractivity contribution in [3.05, 3.63) is 0 Å². The van der Waals surface area contributed by atoms with Gasteiger partial charge in [-0.25, -0.2) is 0 Å². The summed E-state index contributed by atoms with van der Waals surface area (Å²) < 4.78 is 0. The SMILES string of the molecule is CCCCC(=O)N1CCCC1CCO. The maximum atomic E-state index is 11.7. The molecule has 1 atom stereocenters. The van der Waals surface area contributed by atoms with E-state index in [1.165, 1.54) is 0 Å². The molecule has 0 aliphatic carbocycles. The molecule has 1 rings (SSSR count). The summed E-state index contributed by atoms with van der Waals surface area (Å²) in [6.45, 7) is 3.19. The van der Waals surface area contributed by atoms with Gasteiger partial charge in [0.25, 0.3) is 0 Å². The lowest BCUT2D eigenvalue weighted by atomic mass is 10.1. The van der Waals surface area contributed by atoms with Crippen molar-refractivity contribution in [1.29, 1.82) is 0 Å². The first-order valence-corrected chi connectivity index (χ1v) is 5.70. The van der Waals surface area contributed by atoms with E-state index in [0.717, 1.165) is 38.6 Å². The molecule has 82 valence electrons. The molecule has 1 heterocycles. The van der Waals surface area contributed by atoms with Crippen molar-refractivity contribution in [2.45, 2.75) is 51.5 Å². The van der Waals surface area contributed by atoms with E-state index < -0.39 is 0 Å². The van der Waals surface area contributed by atoms with Crippen LogP contribution >= 0.6 is 0 Å². The summed E-state index contributed by atoms with van der Waals surface area (Å²) in [5.74, 6) is 0.280. The molecule has 0 radical (unpaired) electrons. The van der Waals surface area contributed by atoms with Gasteiger partial charge in [-0.15, -0.1) is 0 Å². The Morgan fingerprint density at radius 3 is 3.00 bits per heavy atom. The largest absolute Gasteiger partial charge is 0.396 e. The molecule has 1 N–H and O–H groups in total. The number of rotatable bonds is 5. The van der Waals surface area contributed by atoms with E-state index >= 15 is 0 Å². The fourth-order valence-electron chi connectivity index (χ4n) is 2.08. The molecule has 0 spiro atoms. The van der Waals surface area contributed by atoms with E-state index in [0.29, 0.717) is 12.5 Å². The van der Waals surface area contributed by atoms with E-state index in [2.05, 4.69) is 6.92 Å². The summed E-state index contributed by atoms with van der Waals surface area (Å²) in [5, 5.41) is 8.86. The van der Waals surface area contributed by atoms with Crippen molar-refractivity contribution in [3.63, 3.8) is 0 Å². The van der Waals surface area contributed by atoms with Gasteiger partial charge >= 0.3 is 0 Å². The highest BCUT2D eigenvalue weighted by Gasteiger charge is 2.27. The van der Waals surface area contributed by atoms with Gasteiger partial charge in [-0.3, -0.25) is 4.79 Å². The second-order valence-corrected chi connectivity index (χ2v) is 4.00. The van der Waals surface area contributed by atoms with Crippen molar-refractivity contribution in [2.75, 3.05) is 13.2 Å². The monoisotopic (exact) mass is 199 g/mol. The standard InChI is InChI=1S/C11H21NO2/c1-2-3-6-11(14)12-8-4-5-10(12)7-9-13/h10,13H,2-9H2,1H3. The van der Waals surface area contributed by atoms with Gasteiger partial charge in [-0.1, -0.05) is 13.3 Å². The number of likely N-dealkylation sites (tertiary alicyclic amines) is 1. The maximum Gasteiger partial charge on any atom is 0.222 e. The highest BCUT2D eigenvalue weighted by molar-refractivity contribution is 5.76. The molecule has 1 saturated heterocycles. The lowest BCUT2D eigenvalue weighted by Gasteiger charge is -2.24. The minimum Gasteiger partial charge on any atom is -0.396 e. The van der Waals surface area contributed by atoms with Crippen molar-refractivity contribution >= 4 is 5.91 Å². The predicted molar refractivity (Wildman–Crippen MR) is 56.0 cm³/mol. The zero-order valence-electron chi connectivity index (χ0n) is 9.04. The molecule has 1 aliphatic rings. The van der Waals surface area contributed by atoms with Crippen LogP contribution in [0.5, 0.6) is 0 Å². The van der Waals surface area contributed by atoms with Crippen LogP contribution in [-0.4, -0.2) is 35.1 Å². The van der Waals surface area contributed by atoms with E-state index in [1.807, 2.05) is 4.90 Å². The Labute approximate surface area is 86.1 Å². The Morgan fingerprint density at radius 1 is 1.57 bits per heavy atom. The molecule has 0 saturated carbocycles. The quantitative estimate of drug-likeness (QED) is 0.729. The number of nitrogens with zero attached hydrogens (tertiary/aromatic N) is 1. The zero-order chi connectivity index (χ0) is 10.4. The molecular weight excluding hydrogens is 178 g/mol. The molecule has 14 heavy (non-hydrogen) atoms. The third-order valence-electron chi connectivity index (χ3n) is 2.90. The van der Waals surface area contributed by atoms with E-state index in [9.17, 15) is 4.79 Å². The first kappa shape index (κ1) is 11.5.